The van der Waals surface area contributed by atoms with Crippen LogP contribution in [0.25, 0.3) is 0 Å². The molecule has 0 radical (unpaired) electrons. The summed E-state index contributed by atoms with van der Waals surface area (Å²) >= 11 is 5.91. The number of nitrogens with one attached hydrogen (secondary N) is 1. The van der Waals surface area contributed by atoms with Crippen molar-refractivity contribution in [2.45, 2.75) is 32.3 Å². The Morgan fingerprint density at radius 1 is 1.52 bits per heavy atom. The first-order chi connectivity index (χ1) is 10.1. The number of carbonyl (C=O) groups excluding carboxylic acids is 1. The van der Waals surface area contributed by atoms with Crippen LogP contribution in [0, 0.1) is 11.8 Å². The van der Waals surface area contributed by atoms with E-state index in [1.54, 1.807) is 12.1 Å². The molecule has 3 N–H and O–H groups in total. The van der Waals surface area contributed by atoms with E-state index in [0.717, 1.165) is 19.3 Å². The van der Waals surface area contributed by atoms with Crippen LogP contribution in [-0.4, -0.2) is 25.1 Å². The summed E-state index contributed by atoms with van der Waals surface area (Å²) in [7, 11) is 0. The van der Waals surface area contributed by atoms with Gasteiger partial charge in [0.25, 0.3) is 0 Å². The minimum atomic E-state index is -0.106. The van der Waals surface area contributed by atoms with Crippen molar-refractivity contribution in [1.82, 2.24) is 5.32 Å². The molecule has 1 aromatic rings. The molecule has 116 valence electrons. The third-order valence-corrected chi connectivity index (χ3v) is 4.23. The molecule has 1 aromatic carbocycles. The third kappa shape index (κ3) is 4.61. The standard InChI is InChI=1S/C16H23ClN2O2/c1-11(21-14-6-3-5-13(17)8-14)10-19-16(20)15-7-2-4-12(15)9-18/h3,5-6,8,11-12,15H,2,4,7,9-10,18H2,1H3,(H,19,20)/t11?,12-,15-/m1/s1. The Balaban J connectivity index is 1.78. The molecule has 1 aliphatic rings. The molecule has 0 aromatic heterocycles. The lowest BCUT2D eigenvalue weighted by Gasteiger charge is -2.20. The molecular formula is C16H23ClN2O2. The topological polar surface area (TPSA) is 64.4 Å². The highest BCUT2D eigenvalue weighted by Crippen LogP contribution is 2.30. The van der Waals surface area contributed by atoms with Crippen molar-refractivity contribution in [3.05, 3.63) is 29.3 Å². The summed E-state index contributed by atoms with van der Waals surface area (Å²) in [5, 5.41) is 3.61. The Hall–Kier alpha value is -1.26. The summed E-state index contributed by atoms with van der Waals surface area (Å²) in [4.78, 5) is 12.2. The average molecular weight is 311 g/mol. The molecule has 0 spiro atoms. The van der Waals surface area contributed by atoms with Gasteiger partial charge in [-0.15, -0.1) is 0 Å². The van der Waals surface area contributed by atoms with Gasteiger partial charge in [0.1, 0.15) is 11.9 Å². The smallest absolute Gasteiger partial charge is 0.223 e. The zero-order valence-electron chi connectivity index (χ0n) is 12.3. The average Bonchev–Trinajstić information content (AvgIpc) is 2.93. The van der Waals surface area contributed by atoms with Crippen LogP contribution in [0.2, 0.25) is 5.02 Å². The van der Waals surface area contributed by atoms with Crippen LogP contribution in [0.4, 0.5) is 0 Å². The van der Waals surface area contributed by atoms with Crippen molar-refractivity contribution in [2.75, 3.05) is 13.1 Å². The van der Waals surface area contributed by atoms with Gasteiger partial charge in [0.2, 0.25) is 5.91 Å². The van der Waals surface area contributed by atoms with Gasteiger partial charge in [0.15, 0.2) is 0 Å². The van der Waals surface area contributed by atoms with Crippen LogP contribution >= 0.6 is 11.6 Å². The van der Waals surface area contributed by atoms with Gasteiger partial charge in [0, 0.05) is 10.9 Å². The molecule has 0 heterocycles. The normalized spacial score (nSPS) is 22.8. The van der Waals surface area contributed by atoms with Crippen LogP contribution in [0.5, 0.6) is 5.75 Å². The number of carbonyl (C=O) groups is 1. The molecule has 1 saturated carbocycles. The van der Waals surface area contributed by atoms with Crippen molar-refractivity contribution in [3.8, 4) is 5.75 Å². The van der Waals surface area contributed by atoms with Crippen LogP contribution < -0.4 is 15.8 Å². The van der Waals surface area contributed by atoms with Crippen molar-refractivity contribution < 1.29 is 9.53 Å². The number of nitrogens with two attached hydrogens (primary N) is 1. The zero-order valence-corrected chi connectivity index (χ0v) is 13.1. The second kappa shape index (κ2) is 7.66. The Morgan fingerprint density at radius 3 is 3.05 bits per heavy atom. The van der Waals surface area contributed by atoms with E-state index in [0.29, 0.717) is 29.8 Å². The monoisotopic (exact) mass is 310 g/mol. The minimum Gasteiger partial charge on any atom is -0.489 e. The molecular weight excluding hydrogens is 288 g/mol. The number of amides is 1. The molecule has 2 rings (SSSR count). The molecule has 5 heteroatoms. The highest BCUT2D eigenvalue weighted by atomic mass is 35.5. The lowest BCUT2D eigenvalue weighted by atomic mass is 9.95. The third-order valence-electron chi connectivity index (χ3n) is 4.00. The van der Waals surface area contributed by atoms with Gasteiger partial charge >= 0.3 is 0 Å². The fraction of sp³-hybridized carbons (Fsp3) is 0.562. The largest absolute Gasteiger partial charge is 0.489 e. The predicted molar refractivity (Wildman–Crippen MR) is 84.4 cm³/mol. The highest BCUT2D eigenvalue weighted by Gasteiger charge is 2.31. The second-order valence-corrected chi connectivity index (χ2v) is 6.10. The second-order valence-electron chi connectivity index (χ2n) is 5.66. The van der Waals surface area contributed by atoms with E-state index >= 15 is 0 Å². The molecule has 0 saturated heterocycles. The molecule has 1 aliphatic carbocycles. The summed E-state index contributed by atoms with van der Waals surface area (Å²) in [5.41, 5.74) is 5.72. The Kier molecular flexibility index (Phi) is 5.88. The molecule has 4 nitrogen and oxygen atoms in total. The Morgan fingerprint density at radius 2 is 2.33 bits per heavy atom. The quantitative estimate of drug-likeness (QED) is 0.849. The molecule has 3 atom stereocenters. The number of hydrogen-bond acceptors (Lipinski definition) is 3. The first kappa shape index (κ1) is 16.1. The van der Waals surface area contributed by atoms with E-state index in [9.17, 15) is 4.79 Å². The van der Waals surface area contributed by atoms with E-state index in [1.807, 2.05) is 19.1 Å². The maximum atomic E-state index is 12.2. The predicted octanol–water partition coefficient (Wildman–Crippen LogP) is 2.60. The van der Waals surface area contributed by atoms with E-state index in [4.69, 9.17) is 22.1 Å². The van der Waals surface area contributed by atoms with Gasteiger partial charge in [-0.2, -0.15) is 0 Å². The lowest BCUT2D eigenvalue weighted by Crippen LogP contribution is -2.39. The Labute approximate surface area is 131 Å². The summed E-state index contributed by atoms with van der Waals surface area (Å²) in [6.07, 6.45) is 2.99. The molecule has 0 aliphatic heterocycles. The van der Waals surface area contributed by atoms with Gasteiger partial charge in [-0.1, -0.05) is 24.1 Å². The molecule has 1 amide bonds. The number of ether oxygens (including phenoxy) is 1. The summed E-state index contributed by atoms with van der Waals surface area (Å²) in [5.74, 6) is 1.21. The minimum absolute atomic E-state index is 0.0633. The van der Waals surface area contributed by atoms with E-state index in [2.05, 4.69) is 5.32 Å². The molecule has 1 fully saturated rings. The first-order valence-electron chi connectivity index (χ1n) is 7.50. The summed E-state index contributed by atoms with van der Waals surface area (Å²) in [6, 6.07) is 7.26. The van der Waals surface area contributed by atoms with E-state index in [-0.39, 0.29) is 17.9 Å². The highest BCUT2D eigenvalue weighted by molar-refractivity contribution is 6.30. The van der Waals surface area contributed by atoms with Crippen LogP contribution in [-0.2, 0) is 4.79 Å². The van der Waals surface area contributed by atoms with Crippen LogP contribution in [0.1, 0.15) is 26.2 Å². The SMILES string of the molecule is CC(CNC(=O)[C@@H]1CCC[C@@H]1CN)Oc1cccc(Cl)c1. The number of hydrogen-bond donors (Lipinski definition) is 2. The molecule has 0 bridgehead atoms. The molecule has 1 unspecified atom stereocenters. The summed E-state index contributed by atoms with van der Waals surface area (Å²) < 4.78 is 5.74. The van der Waals surface area contributed by atoms with Gasteiger partial charge in [0.05, 0.1) is 6.54 Å². The molecule has 21 heavy (non-hydrogen) atoms. The zero-order chi connectivity index (χ0) is 15.2. The maximum Gasteiger partial charge on any atom is 0.223 e. The van der Waals surface area contributed by atoms with E-state index < -0.39 is 0 Å². The van der Waals surface area contributed by atoms with Gasteiger partial charge in [-0.25, -0.2) is 0 Å². The number of halogens is 1. The van der Waals surface area contributed by atoms with Crippen molar-refractivity contribution >= 4 is 17.5 Å². The Bertz CT molecular complexity index is 481. The van der Waals surface area contributed by atoms with Gasteiger partial charge < -0.3 is 15.8 Å². The maximum absolute atomic E-state index is 12.2. The number of rotatable bonds is 6. The van der Waals surface area contributed by atoms with E-state index in [1.165, 1.54) is 0 Å². The number of benzene rings is 1. The van der Waals surface area contributed by atoms with Crippen molar-refractivity contribution in [3.63, 3.8) is 0 Å². The van der Waals surface area contributed by atoms with Crippen molar-refractivity contribution in [1.29, 1.82) is 0 Å². The van der Waals surface area contributed by atoms with Crippen LogP contribution in [0.3, 0.4) is 0 Å². The fourth-order valence-corrected chi connectivity index (χ4v) is 3.03. The first-order valence-corrected chi connectivity index (χ1v) is 7.88. The van der Waals surface area contributed by atoms with Crippen LogP contribution in [0.15, 0.2) is 24.3 Å². The fourth-order valence-electron chi connectivity index (χ4n) is 2.85. The summed E-state index contributed by atoms with van der Waals surface area (Å²) in [6.45, 7) is 3.00. The van der Waals surface area contributed by atoms with Gasteiger partial charge in [-0.05, 0) is 50.4 Å². The van der Waals surface area contributed by atoms with Crippen molar-refractivity contribution in [2.24, 2.45) is 17.6 Å². The van der Waals surface area contributed by atoms with Gasteiger partial charge in [-0.3, -0.25) is 4.79 Å². The lowest BCUT2D eigenvalue weighted by molar-refractivity contribution is -0.126.